The zero-order valence-corrected chi connectivity index (χ0v) is 7.14. The molecule has 0 spiro atoms. The highest BCUT2D eigenvalue weighted by molar-refractivity contribution is 4.97. The number of aryl methyl sites for hydroxylation is 1. The van der Waals surface area contributed by atoms with Crippen molar-refractivity contribution < 1.29 is 19.9 Å². The van der Waals surface area contributed by atoms with Crippen LogP contribution >= 0.6 is 0 Å². The third-order valence-electron chi connectivity index (χ3n) is 1.57. The highest BCUT2D eigenvalue weighted by Gasteiger charge is 2.14. The molecule has 0 aromatic carbocycles. The lowest BCUT2D eigenvalue weighted by Gasteiger charge is -2.04. The molecule has 0 fully saturated rings. The molecule has 1 aromatic heterocycles. The van der Waals surface area contributed by atoms with Gasteiger partial charge in [0, 0.05) is 19.2 Å². The average Bonchev–Trinajstić information content (AvgIpc) is 2.04. The molecule has 1 rings (SSSR count). The summed E-state index contributed by atoms with van der Waals surface area (Å²) >= 11 is 0. The Labute approximate surface area is 71.3 Å². The summed E-state index contributed by atoms with van der Waals surface area (Å²) in [6, 6.07) is 5.57. The van der Waals surface area contributed by atoms with Gasteiger partial charge in [-0.1, -0.05) is 0 Å². The van der Waals surface area contributed by atoms with Gasteiger partial charge in [0.15, 0.2) is 6.20 Å². The Kier molecular flexibility index (Phi) is 4.43. The van der Waals surface area contributed by atoms with Crippen LogP contribution in [-0.2, 0) is 11.8 Å². The minimum Gasteiger partial charge on any atom is -0.870 e. The lowest BCUT2D eigenvalue weighted by atomic mass is 10.3. The Morgan fingerprint density at radius 3 is 2.67 bits per heavy atom. The van der Waals surface area contributed by atoms with Gasteiger partial charge in [0.25, 0.3) is 0 Å². The fraction of sp³-hybridized carbons (Fsp3) is 0.375. The molecule has 1 unspecified atom stereocenters. The SMILES string of the molecule is COC(O)c1cccc[n+]1C.[OH-]. The first-order chi connectivity index (χ1) is 5.25. The van der Waals surface area contributed by atoms with Crippen LogP contribution in [0.5, 0.6) is 0 Å². The average molecular weight is 171 g/mol. The molecule has 1 aromatic rings. The molecule has 1 atom stereocenters. The van der Waals surface area contributed by atoms with E-state index in [0.29, 0.717) is 0 Å². The minimum absolute atomic E-state index is 0. The van der Waals surface area contributed by atoms with Gasteiger partial charge in [-0.2, -0.15) is 0 Å². The van der Waals surface area contributed by atoms with Crippen LogP contribution in [-0.4, -0.2) is 17.7 Å². The van der Waals surface area contributed by atoms with E-state index in [-0.39, 0.29) is 5.48 Å². The summed E-state index contributed by atoms with van der Waals surface area (Å²) in [6.07, 6.45) is 1.03. The van der Waals surface area contributed by atoms with Crippen LogP contribution in [0.1, 0.15) is 12.0 Å². The van der Waals surface area contributed by atoms with Crippen molar-refractivity contribution in [3.8, 4) is 0 Å². The number of aliphatic hydroxyl groups excluding tert-OH is 1. The Hall–Kier alpha value is -0.970. The van der Waals surface area contributed by atoms with Crippen molar-refractivity contribution in [3.05, 3.63) is 30.1 Å². The van der Waals surface area contributed by atoms with Gasteiger partial charge in [0.1, 0.15) is 7.05 Å². The van der Waals surface area contributed by atoms with Gasteiger partial charge in [0.05, 0.1) is 0 Å². The zero-order valence-electron chi connectivity index (χ0n) is 7.14. The lowest BCUT2D eigenvalue weighted by molar-refractivity contribution is -0.686. The lowest BCUT2D eigenvalue weighted by Crippen LogP contribution is -2.34. The smallest absolute Gasteiger partial charge is 0.242 e. The summed E-state index contributed by atoms with van der Waals surface area (Å²) < 4.78 is 6.57. The molecule has 0 bridgehead atoms. The van der Waals surface area contributed by atoms with Gasteiger partial charge in [-0.05, 0) is 6.07 Å². The molecule has 0 amide bonds. The van der Waals surface area contributed by atoms with Crippen LogP contribution in [0.25, 0.3) is 0 Å². The molecule has 68 valence electrons. The van der Waals surface area contributed by atoms with Gasteiger partial charge >= 0.3 is 0 Å². The number of aromatic nitrogens is 1. The normalized spacial score (nSPS) is 11.9. The first kappa shape index (κ1) is 11.0. The molecule has 0 radical (unpaired) electrons. The van der Waals surface area contributed by atoms with Crippen LogP contribution < -0.4 is 4.57 Å². The molecular weight excluding hydrogens is 158 g/mol. The third kappa shape index (κ3) is 2.27. The molecule has 0 aliphatic rings. The van der Waals surface area contributed by atoms with E-state index in [1.54, 1.807) is 0 Å². The Morgan fingerprint density at radius 2 is 2.17 bits per heavy atom. The first-order valence-corrected chi connectivity index (χ1v) is 3.41. The Morgan fingerprint density at radius 1 is 1.50 bits per heavy atom. The summed E-state index contributed by atoms with van der Waals surface area (Å²) in [5.41, 5.74) is 0.745. The Balaban J connectivity index is 0.00000121. The largest absolute Gasteiger partial charge is 0.870 e. The van der Waals surface area contributed by atoms with E-state index in [9.17, 15) is 5.11 Å². The topological polar surface area (TPSA) is 63.3 Å². The summed E-state index contributed by atoms with van der Waals surface area (Å²) in [5, 5.41) is 9.27. The van der Waals surface area contributed by atoms with E-state index in [2.05, 4.69) is 0 Å². The monoisotopic (exact) mass is 171 g/mol. The molecule has 0 saturated carbocycles. The predicted octanol–water partition coefficient (Wildman–Crippen LogP) is -0.0284. The summed E-state index contributed by atoms with van der Waals surface area (Å²) in [7, 11) is 3.33. The molecule has 0 aliphatic carbocycles. The van der Waals surface area contributed by atoms with Gasteiger partial charge < -0.3 is 15.3 Å². The molecule has 0 saturated heterocycles. The van der Waals surface area contributed by atoms with Crippen molar-refractivity contribution in [1.82, 2.24) is 0 Å². The Bertz CT molecular complexity index is 239. The van der Waals surface area contributed by atoms with Crippen molar-refractivity contribution in [2.45, 2.75) is 6.29 Å². The molecule has 2 N–H and O–H groups in total. The number of hydrogen-bond acceptors (Lipinski definition) is 3. The van der Waals surface area contributed by atoms with Gasteiger partial charge in [-0.25, -0.2) is 4.57 Å². The number of pyridine rings is 1. The molecule has 0 aliphatic heterocycles. The maximum Gasteiger partial charge on any atom is 0.242 e. The van der Waals surface area contributed by atoms with E-state index in [4.69, 9.17) is 4.74 Å². The van der Waals surface area contributed by atoms with Crippen LogP contribution in [0.2, 0.25) is 0 Å². The highest BCUT2D eigenvalue weighted by Crippen LogP contribution is 2.05. The van der Waals surface area contributed by atoms with Crippen molar-refractivity contribution in [2.75, 3.05) is 7.11 Å². The van der Waals surface area contributed by atoms with E-state index < -0.39 is 6.29 Å². The quantitative estimate of drug-likeness (QED) is 0.502. The third-order valence-corrected chi connectivity index (χ3v) is 1.57. The summed E-state index contributed by atoms with van der Waals surface area (Å²) in [6.45, 7) is 0. The van der Waals surface area contributed by atoms with Crippen LogP contribution in [0, 0.1) is 0 Å². The number of ether oxygens (including phenoxy) is 1. The van der Waals surface area contributed by atoms with E-state index in [1.807, 2.05) is 36.0 Å². The van der Waals surface area contributed by atoms with Crippen LogP contribution in [0.3, 0.4) is 0 Å². The zero-order chi connectivity index (χ0) is 8.27. The van der Waals surface area contributed by atoms with E-state index in [1.165, 1.54) is 7.11 Å². The van der Waals surface area contributed by atoms with Crippen molar-refractivity contribution >= 4 is 0 Å². The fourth-order valence-corrected chi connectivity index (χ4v) is 0.914. The first-order valence-electron chi connectivity index (χ1n) is 3.41. The maximum atomic E-state index is 9.27. The highest BCUT2D eigenvalue weighted by atomic mass is 16.6. The summed E-state index contributed by atoms with van der Waals surface area (Å²) in [4.78, 5) is 0. The van der Waals surface area contributed by atoms with Crippen LogP contribution in [0.15, 0.2) is 24.4 Å². The number of rotatable bonds is 2. The van der Waals surface area contributed by atoms with E-state index in [0.717, 1.165) is 5.69 Å². The summed E-state index contributed by atoms with van der Waals surface area (Å²) in [5.74, 6) is 0. The predicted molar refractivity (Wildman–Crippen MR) is 41.5 cm³/mol. The fourth-order valence-electron chi connectivity index (χ4n) is 0.914. The molecule has 1 heterocycles. The van der Waals surface area contributed by atoms with Gasteiger partial charge in [-0.3, -0.25) is 0 Å². The number of nitrogens with zero attached hydrogens (tertiary/aromatic N) is 1. The number of methoxy groups -OCH3 is 1. The second-order valence-electron chi connectivity index (χ2n) is 2.32. The molecule has 4 nitrogen and oxygen atoms in total. The second-order valence-corrected chi connectivity index (χ2v) is 2.32. The molecular formula is C8H13NO3. The molecule has 12 heavy (non-hydrogen) atoms. The molecule has 4 heteroatoms. The number of aliphatic hydroxyl groups is 1. The minimum atomic E-state index is -0.832. The van der Waals surface area contributed by atoms with Crippen molar-refractivity contribution in [2.24, 2.45) is 7.05 Å². The van der Waals surface area contributed by atoms with Gasteiger partial charge in [-0.15, -0.1) is 0 Å². The van der Waals surface area contributed by atoms with E-state index >= 15 is 0 Å². The maximum absolute atomic E-state index is 9.27. The van der Waals surface area contributed by atoms with Crippen LogP contribution in [0.4, 0.5) is 0 Å². The second kappa shape index (κ2) is 4.82. The van der Waals surface area contributed by atoms with Crippen molar-refractivity contribution in [3.63, 3.8) is 0 Å². The van der Waals surface area contributed by atoms with Gasteiger partial charge in [0.2, 0.25) is 12.0 Å². The standard InChI is InChI=1S/C8H12NO2.H2O/c1-9-6-4-3-5-7(9)8(10)11-2;/h3-6,8,10H,1-2H3;1H2/q+1;/p-1. The van der Waals surface area contributed by atoms with Crippen molar-refractivity contribution in [1.29, 1.82) is 0 Å². The number of hydrogen-bond donors (Lipinski definition) is 1.